The van der Waals surface area contributed by atoms with E-state index in [2.05, 4.69) is 74.7 Å². The number of rotatable bonds is 6. The van der Waals surface area contributed by atoms with Gasteiger partial charge in [-0.25, -0.2) is 0 Å². The van der Waals surface area contributed by atoms with E-state index >= 15 is 0 Å². The molecule has 0 amide bonds. The minimum atomic E-state index is -0.655. The van der Waals surface area contributed by atoms with Crippen molar-refractivity contribution in [3.8, 4) is 0 Å². The molecule has 4 rings (SSSR count). The molecule has 1 N–H and O–H groups in total. The quantitative estimate of drug-likeness (QED) is 0.593. The monoisotopic (exact) mass is 419 g/mol. The smallest absolute Gasteiger partial charge is 0.115 e. The van der Waals surface area contributed by atoms with Crippen molar-refractivity contribution in [1.29, 1.82) is 0 Å². The third-order valence-corrected chi connectivity index (χ3v) is 7.57. The molecule has 2 aromatic carbocycles. The van der Waals surface area contributed by atoms with Crippen LogP contribution in [0.4, 0.5) is 0 Å². The van der Waals surface area contributed by atoms with E-state index in [0.29, 0.717) is 17.9 Å². The molecule has 0 aromatic heterocycles. The Morgan fingerprint density at radius 2 is 1.84 bits per heavy atom. The van der Waals surface area contributed by atoms with Gasteiger partial charge in [0.05, 0.1) is 12.2 Å². The van der Waals surface area contributed by atoms with Gasteiger partial charge < -0.3 is 9.84 Å². The van der Waals surface area contributed by atoms with Crippen LogP contribution in [0.5, 0.6) is 0 Å². The SMILES string of the molecule is C=C[C@@H](O)c1ccccc1C[C@@H]1O[C@@H]2C[C@H](C)CC[C@H]2C(C)(C)N1Cc1ccccc1. The van der Waals surface area contributed by atoms with E-state index in [1.165, 1.54) is 18.4 Å². The lowest BCUT2D eigenvalue weighted by Gasteiger charge is -2.57. The van der Waals surface area contributed by atoms with Gasteiger partial charge in [-0.3, -0.25) is 4.90 Å². The van der Waals surface area contributed by atoms with Gasteiger partial charge in [-0.1, -0.05) is 74.0 Å². The molecule has 2 aromatic rings. The number of benzene rings is 2. The third kappa shape index (κ3) is 4.64. The summed E-state index contributed by atoms with van der Waals surface area (Å²) in [5.41, 5.74) is 3.41. The molecule has 1 aliphatic carbocycles. The summed E-state index contributed by atoms with van der Waals surface area (Å²) < 4.78 is 6.87. The predicted octanol–water partition coefficient (Wildman–Crippen LogP) is 5.89. The van der Waals surface area contributed by atoms with Crippen molar-refractivity contribution in [2.75, 3.05) is 0 Å². The molecule has 1 aliphatic heterocycles. The van der Waals surface area contributed by atoms with Gasteiger partial charge in [-0.15, -0.1) is 6.58 Å². The Morgan fingerprint density at radius 3 is 2.58 bits per heavy atom. The second kappa shape index (κ2) is 9.28. The fourth-order valence-electron chi connectivity index (χ4n) is 5.71. The lowest BCUT2D eigenvalue weighted by molar-refractivity contribution is -0.236. The Balaban J connectivity index is 1.68. The van der Waals surface area contributed by atoms with Crippen LogP contribution in [0, 0.1) is 11.8 Å². The maximum atomic E-state index is 10.5. The lowest BCUT2D eigenvalue weighted by Crippen LogP contribution is -2.64. The first-order valence-corrected chi connectivity index (χ1v) is 11.7. The first-order valence-electron chi connectivity index (χ1n) is 11.7. The topological polar surface area (TPSA) is 32.7 Å². The first-order chi connectivity index (χ1) is 14.9. The van der Waals surface area contributed by atoms with Gasteiger partial charge in [0.1, 0.15) is 6.23 Å². The zero-order valence-corrected chi connectivity index (χ0v) is 19.2. The van der Waals surface area contributed by atoms with Crippen molar-refractivity contribution >= 4 is 0 Å². The molecule has 3 nitrogen and oxygen atoms in total. The summed E-state index contributed by atoms with van der Waals surface area (Å²) in [6.45, 7) is 11.8. The van der Waals surface area contributed by atoms with Crippen LogP contribution < -0.4 is 0 Å². The number of aliphatic hydroxyl groups excluding tert-OH is 1. The van der Waals surface area contributed by atoms with Crippen LogP contribution in [0.15, 0.2) is 67.3 Å². The van der Waals surface area contributed by atoms with Gasteiger partial charge in [-0.2, -0.15) is 0 Å². The maximum Gasteiger partial charge on any atom is 0.115 e. The molecular weight excluding hydrogens is 382 g/mol. The van der Waals surface area contributed by atoms with Crippen molar-refractivity contribution in [3.05, 3.63) is 83.9 Å². The van der Waals surface area contributed by atoms with E-state index in [4.69, 9.17) is 4.74 Å². The Bertz CT molecular complexity index is 878. The van der Waals surface area contributed by atoms with Crippen LogP contribution in [-0.2, 0) is 17.7 Å². The molecule has 0 unspecified atom stereocenters. The van der Waals surface area contributed by atoms with E-state index < -0.39 is 6.10 Å². The minimum absolute atomic E-state index is 0.0279. The molecule has 0 bridgehead atoms. The summed E-state index contributed by atoms with van der Waals surface area (Å²) in [5.74, 6) is 1.26. The van der Waals surface area contributed by atoms with Crippen molar-refractivity contribution in [1.82, 2.24) is 4.90 Å². The Kier molecular flexibility index (Phi) is 6.66. The fraction of sp³-hybridized carbons (Fsp3) is 0.500. The number of nitrogens with zero attached hydrogens (tertiary/aromatic N) is 1. The number of fused-ring (bicyclic) bond motifs is 1. The highest BCUT2D eigenvalue weighted by Gasteiger charge is 2.50. The van der Waals surface area contributed by atoms with Crippen LogP contribution in [0.1, 0.15) is 62.8 Å². The Morgan fingerprint density at radius 1 is 1.13 bits per heavy atom. The van der Waals surface area contributed by atoms with Crippen molar-refractivity contribution < 1.29 is 9.84 Å². The van der Waals surface area contributed by atoms with Gasteiger partial charge in [0.2, 0.25) is 0 Å². The maximum absolute atomic E-state index is 10.5. The van der Waals surface area contributed by atoms with Crippen LogP contribution in [0.2, 0.25) is 0 Å². The Hall–Kier alpha value is -1.94. The zero-order chi connectivity index (χ0) is 22.0. The average Bonchev–Trinajstić information content (AvgIpc) is 2.76. The van der Waals surface area contributed by atoms with Gasteiger partial charge in [0.15, 0.2) is 0 Å². The molecule has 0 radical (unpaired) electrons. The van der Waals surface area contributed by atoms with E-state index in [-0.39, 0.29) is 11.8 Å². The molecule has 31 heavy (non-hydrogen) atoms. The highest BCUT2D eigenvalue weighted by molar-refractivity contribution is 5.32. The number of aliphatic hydroxyl groups is 1. The lowest BCUT2D eigenvalue weighted by atomic mass is 9.69. The summed E-state index contributed by atoms with van der Waals surface area (Å²) in [6, 6.07) is 18.9. The number of ether oxygens (including phenoxy) is 1. The van der Waals surface area contributed by atoms with Gasteiger partial charge in [0.25, 0.3) is 0 Å². The highest BCUT2D eigenvalue weighted by atomic mass is 16.5. The van der Waals surface area contributed by atoms with Crippen molar-refractivity contribution in [3.63, 3.8) is 0 Å². The van der Waals surface area contributed by atoms with Crippen LogP contribution in [-0.4, -0.2) is 27.9 Å². The highest BCUT2D eigenvalue weighted by Crippen LogP contribution is 2.46. The van der Waals surface area contributed by atoms with E-state index in [1.54, 1.807) is 6.08 Å². The molecule has 3 heteroatoms. The number of hydrogen-bond acceptors (Lipinski definition) is 3. The summed E-state index contributed by atoms with van der Waals surface area (Å²) in [6.07, 6.45) is 5.63. The molecule has 5 atom stereocenters. The minimum Gasteiger partial charge on any atom is -0.384 e. The van der Waals surface area contributed by atoms with Crippen molar-refractivity contribution in [2.45, 2.75) is 77.0 Å². The molecular formula is C28H37NO2. The summed E-state index contributed by atoms with van der Waals surface area (Å²) in [5, 5.41) is 10.5. The van der Waals surface area contributed by atoms with Crippen LogP contribution >= 0.6 is 0 Å². The molecule has 2 fully saturated rings. The average molecular weight is 420 g/mol. The van der Waals surface area contributed by atoms with Crippen LogP contribution in [0.25, 0.3) is 0 Å². The Labute approximate surface area is 187 Å². The summed E-state index contributed by atoms with van der Waals surface area (Å²) in [4.78, 5) is 2.57. The largest absolute Gasteiger partial charge is 0.384 e. The zero-order valence-electron chi connectivity index (χ0n) is 19.2. The van der Waals surface area contributed by atoms with E-state index in [1.807, 2.05) is 12.1 Å². The third-order valence-electron chi connectivity index (χ3n) is 7.57. The second-order valence-electron chi connectivity index (χ2n) is 10.0. The van der Waals surface area contributed by atoms with Gasteiger partial charge in [-0.05, 0) is 49.3 Å². The normalized spacial score (nSPS) is 29.2. The number of hydrogen-bond donors (Lipinski definition) is 1. The molecule has 1 saturated heterocycles. The van der Waals surface area contributed by atoms with E-state index in [9.17, 15) is 5.11 Å². The first kappa shape index (κ1) is 22.3. The fourth-order valence-corrected chi connectivity index (χ4v) is 5.71. The molecule has 166 valence electrons. The standard InChI is InChI=1S/C28H37NO2/c1-5-25(30)23-14-10-9-13-22(23)18-27-29(19-21-11-7-6-8-12-21)28(3,4)24-16-15-20(2)17-26(24)31-27/h5-14,20,24-27,30H,1,15-19H2,2-4H3/t20-,24-,25-,26-,27+/m1/s1. The molecule has 1 saturated carbocycles. The molecule has 2 aliphatic rings. The van der Waals surface area contributed by atoms with Crippen molar-refractivity contribution in [2.24, 2.45) is 11.8 Å². The second-order valence-corrected chi connectivity index (χ2v) is 10.0. The molecule has 1 heterocycles. The summed E-state index contributed by atoms with van der Waals surface area (Å²) in [7, 11) is 0. The van der Waals surface area contributed by atoms with E-state index in [0.717, 1.165) is 30.5 Å². The summed E-state index contributed by atoms with van der Waals surface area (Å²) >= 11 is 0. The molecule has 0 spiro atoms. The van der Waals surface area contributed by atoms with Crippen LogP contribution in [0.3, 0.4) is 0 Å². The van der Waals surface area contributed by atoms with Gasteiger partial charge >= 0.3 is 0 Å². The predicted molar refractivity (Wildman–Crippen MR) is 127 cm³/mol. The van der Waals surface area contributed by atoms with Gasteiger partial charge in [0, 0.05) is 24.4 Å².